The zero-order valence-electron chi connectivity index (χ0n) is 23.8. The summed E-state index contributed by atoms with van der Waals surface area (Å²) in [6.45, 7) is 7.70. The number of likely N-dealkylation sites (tertiary alicyclic amines) is 1. The van der Waals surface area contributed by atoms with Gasteiger partial charge in [0.2, 0.25) is 15.9 Å². The molecular formula is C30H34F4N4O3S. The van der Waals surface area contributed by atoms with E-state index in [1.807, 2.05) is 11.8 Å². The van der Waals surface area contributed by atoms with Crippen molar-refractivity contribution in [2.45, 2.75) is 75.1 Å². The van der Waals surface area contributed by atoms with Crippen LogP contribution < -0.4 is 5.32 Å². The van der Waals surface area contributed by atoms with Crippen molar-refractivity contribution in [3.05, 3.63) is 65.5 Å². The van der Waals surface area contributed by atoms with E-state index in [-0.39, 0.29) is 28.2 Å². The number of amidine groups is 1. The Labute approximate surface area is 243 Å². The normalized spacial score (nSPS) is 30.0. The van der Waals surface area contributed by atoms with Crippen molar-refractivity contribution in [1.82, 2.24) is 14.5 Å². The summed E-state index contributed by atoms with van der Waals surface area (Å²) >= 11 is 0. The number of nitrogens with zero attached hydrogens (tertiary/aromatic N) is 3. The molecule has 2 bridgehead atoms. The third kappa shape index (κ3) is 4.70. The van der Waals surface area contributed by atoms with E-state index in [0.29, 0.717) is 50.3 Å². The Morgan fingerprint density at radius 3 is 2.19 bits per heavy atom. The van der Waals surface area contributed by atoms with E-state index in [1.165, 1.54) is 28.6 Å². The second-order valence-electron chi connectivity index (χ2n) is 13.5. The minimum Gasteiger partial charge on any atom is -0.358 e. The van der Waals surface area contributed by atoms with E-state index in [4.69, 9.17) is 4.99 Å². The van der Waals surface area contributed by atoms with Gasteiger partial charge >= 0.3 is 6.18 Å². The molecule has 5 aliphatic rings. The standard InChI is InChI=1S/C30H34F4N4O3S/c1-26(2)12-13-37(19-26)25(39)27(3)18-35-24(36-27)28-15-29(16-28,17-28)38(42(40,41)23-10-8-22(31)9-11-23)14-20-4-6-21(7-5-20)30(32,33)34/h4-11H,12-19H2,1-3H3,(H,35,36)/t27-,28?,29?/m1/s1. The lowest BCUT2D eigenvalue weighted by molar-refractivity contribution is -0.151. The molecule has 0 unspecified atom stereocenters. The lowest BCUT2D eigenvalue weighted by Gasteiger charge is -2.73. The lowest BCUT2D eigenvalue weighted by Crippen LogP contribution is -2.79. The SMILES string of the molecule is CC1(C)CCN(C(=O)[C@@]2(C)CN=C(C34CC(N(Cc5ccc(C(F)(F)F)cc5)S(=O)(=O)c5ccc(F)cc5)(C3)C4)N2)C1. The van der Waals surface area contributed by atoms with Gasteiger partial charge in [-0.1, -0.05) is 26.0 Å². The Balaban J connectivity index is 1.21. The average Bonchev–Trinajstić information content (AvgIpc) is 3.44. The van der Waals surface area contributed by atoms with E-state index in [2.05, 4.69) is 19.2 Å². The van der Waals surface area contributed by atoms with Crippen LogP contribution in [0.3, 0.4) is 0 Å². The van der Waals surface area contributed by atoms with Gasteiger partial charge < -0.3 is 10.2 Å². The molecule has 1 N–H and O–H groups in total. The van der Waals surface area contributed by atoms with Crippen molar-refractivity contribution in [1.29, 1.82) is 0 Å². The molecule has 2 aliphatic heterocycles. The summed E-state index contributed by atoms with van der Waals surface area (Å²) in [5.41, 5.74) is -2.35. The van der Waals surface area contributed by atoms with Gasteiger partial charge in [-0.15, -0.1) is 0 Å². The second-order valence-corrected chi connectivity index (χ2v) is 15.3. The first kappa shape index (κ1) is 29.1. The number of halogens is 4. The first-order valence-corrected chi connectivity index (χ1v) is 15.5. The van der Waals surface area contributed by atoms with Crippen molar-refractivity contribution >= 4 is 21.8 Å². The topological polar surface area (TPSA) is 82.1 Å². The van der Waals surface area contributed by atoms with Crippen molar-refractivity contribution in [3.63, 3.8) is 0 Å². The Bertz CT molecular complexity index is 1530. The fourth-order valence-electron chi connectivity index (χ4n) is 7.09. The van der Waals surface area contributed by atoms with Crippen molar-refractivity contribution in [3.8, 4) is 0 Å². The third-order valence-corrected chi connectivity index (χ3v) is 11.4. The number of carbonyl (C=O) groups is 1. The predicted octanol–water partition coefficient (Wildman–Crippen LogP) is 4.98. The highest BCUT2D eigenvalue weighted by Gasteiger charge is 2.75. The maximum atomic E-state index is 13.9. The molecule has 0 spiro atoms. The molecule has 2 aromatic rings. The number of sulfonamides is 1. The van der Waals surface area contributed by atoms with Crippen LogP contribution in [0.5, 0.6) is 0 Å². The van der Waals surface area contributed by atoms with Gasteiger partial charge in [-0.2, -0.15) is 17.5 Å². The Kier molecular flexibility index (Phi) is 6.41. The summed E-state index contributed by atoms with van der Waals surface area (Å²) in [5, 5.41) is 3.40. The second kappa shape index (κ2) is 9.25. The molecular weight excluding hydrogens is 572 g/mol. The molecule has 1 atom stereocenters. The Hall–Kier alpha value is -2.99. The molecule has 7 rings (SSSR count). The van der Waals surface area contributed by atoms with Gasteiger partial charge in [-0.3, -0.25) is 9.79 Å². The minimum atomic E-state index is -4.51. The quantitative estimate of drug-likeness (QED) is 0.451. The van der Waals surface area contributed by atoms with Crippen LogP contribution in [0.15, 0.2) is 58.4 Å². The molecule has 42 heavy (non-hydrogen) atoms. The van der Waals surface area contributed by atoms with Gasteiger partial charge in [-0.05, 0) is 80.0 Å². The molecule has 226 valence electrons. The number of carbonyl (C=O) groups excluding carboxylic acids is 1. The van der Waals surface area contributed by atoms with Crippen molar-refractivity contribution in [2.24, 2.45) is 15.8 Å². The first-order valence-electron chi connectivity index (χ1n) is 14.0. The number of nitrogens with one attached hydrogen (secondary N) is 1. The van der Waals surface area contributed by atoms with Crippen LogP contribution in [0.25, 0.3) is 0 Å². The summed E-state index contributed by atoms with van der Waals surface area (Å²) in [6, 6.07) is 9.01. The van der Waals surface area contributed by atoms with Gasteiger partial charge in [-0.25, -0.2) is 12.8 Å². The monoisotopic (exact) mass is 606 g/mol. The highest BCUT2D eigenvalue weighted by molar-refractivity contribution is 7.89. The molecule has 1 saturated heterocycles. The summed E-state index contributed by atoms with van der Waals surface area (Å²) in [6.07, 6.45) is -2.17. The van der Waals surface area contributed by atoms with Crippen LogP contribution in [0.2, 0.25) is 0 Å². The molecule has 2 aromatic carbocycles. The number of rotatable bonds is 7. The van der Waals surface area contributed by atoms with Gasteiger partial charge in [0.15, 0.2) is 0 Å². The molecule has 2 heterocycles. The minimum absolute atomic E-state index is 0.0101. The Morgan fingerprint density at radius 1 is 1.02 bits per heavy atom. The number of amides is 1. The maximum absolute atomic E-state index is 13.9. The fourth-order valence-corrected chi connectivity index (χ4v) is 8.85. The zero-order valence-corrected chi connectivity index (χ0v) is 24.6. The first-order chi connectivity index (χ1) is 19.5. The van der Waals surface area contributed by atoms with Crippen LogP contribution >= 0.6 is 0 Å². The number of hydrogen-bond acceptors (Lipinski definition) is 5. The molecule has 1 amide bonds. The van der Waals surface area contributed by atoms with E-state index in [9.17, 15) is 30.8 Å². The van der Waals surface area contributed by atoms with Gasteiger partial charge in [0.05, 0.1) is 17.0 Å². The van der Waals surface area contributed by atoms with Crippen LogP contribution in [0.1, 0.15) is 57.6 Å². The van der Waals surface area contributed by atoms with Crippen LogP contribution in [0, 0.1) is 16.6 Å². The Morgan fingerprint density at radius 2 is 1.64 bits per heavy atom. The average molecular weight is 607 g/mol. The van der Waals surface area contributed by atoms with E-state index in [1.54, 1.807) is 0 Å². The van der Waals surface area contributed by atoms with E-state index < -0.39 is 38.7 Å². The smallest absolute Gasteiger partial charge is 0.358 e. The maximum Gasteiger partial charge on any atom is 0.416 e. The summed E-state index contributed by atoms with van der Waals surface area (Å²) in [4.78, 5) is 20.0. The van der Waals surface area contributed by atoms with Gasteiger partial charge in [0.25, 0.3) is 0 Å². The van der Waals surface area contributed by atoms with Crippen molar-refractivity contribution < 1.29 is 30.8 Å². The number of hydrogen-bond donors (Lipinski definition) is 1. The zero-order chi connectivity index (χ0) is 30.3. The third-order valence-electron chi connectivity index (χ3n) is 9.43. The molecule has 7 nitrogen and oxygen atoms in total. The van der Waals surface area contributed by atoms with Crippen LogP contribution in [-0.2, 0) is 27.5 Å². The molecule has 0 radical (unpaired) electrons. The van der Waals surface area contributed by atoms with Gasteiger partial charge in [0, 0.05) is 30.6 Å². The van der Waals surface area contributed by atoms with Crippen LogP contribution in [0.4, 0.5) is 17.6 Å². The largest absolute Gasteiger partial charge is 0.416 e. The van der Waals surface area contributed by atoms with Crippen molar-refractivity contribution in [2.75, 3.05) is 19.6 Å². The highest BCUT2D eigenvalue weighted by atomic mass is 32.2. The highest BCUT2D eigenvalue weighted by Crippen LogP contribution is 2.71. The number of benzene rings is 2. The molecule has 0 aromatic heterocycles. The summed E-state index contributed by atoms with van der Waals surface area (Å²) in [7, 11) is -4.12. The lowest BCUT2D eigenvalue weighted by atomic mass is 9.38. The summed E-state index contributed by atoms with van der Waals surface area (Å²) < 4.78 is 82.1. The summed E-state index contributed by atoms with van der Waals surface area (Å²) in [5.74, 6) is 0.149. The fraction of sp³-hybridized carbons (Fsp3) is 0.533. The molecule has 4 fully saturated rings. The number of alkyl halides is 3. The van der Waals surface area contributed by atoms with E-state index in [0.717, 1.165) is 30.7 Å². The molecule has 3 aliphatic carbocycles. The van der Waals surface area contributed by atoms with Crippen LogP contribution in [-0.4, -0.2) is 60.1 Å². The van der Waals surface area contributed by atoms with E-state index >= 15 is 0 Å². The molecule has 3 saturated carbocycles. The van der Waals surface area contributed by atoms with Gasteiger partial charge in [0.1, 0.15) is 17.2 Å². The number of aliphatic imine (C=N–C) groups is 1. The molecule has 12 heteroatoms. The predicted molar refractivity (Wildman–Crippen MR) is 148 cm³/mol.